The smallest absolute Gasteiger partial charge is 0.321 e. The van der Waals surface area contributed by atoms with E-state index in [1.54, 1.807) is 15.0 Å². The first-order chi connectivity index (χ1) is 13.6. The first kappa shape index (κ1) is 19.9. The Morgan fingerprint density at radius 2 is 1.93 bits per heavy atom. The summed E-state index contributed by atoms with van der Waals surface area (Å²) in [4.78, 5) is 36.4. The highest BCUT2D eigenvalue weighted by Gasteiger charge is 2.17. The maximum atomic E-state index is 12.8. The van der Waals surface area contributed by atoms with Crippen LogP contribution in [0.2, 0.25) is 0 Å². The van der Waals surface area contributed by atoms with Gasteiger partial charge in [-0.2, -0.15) is 0 Å². The van der Waals surface area contributed by atoms with Gasteiger partial charge in [0.25, 0.3) is 5.56 Å². The van der Waals surface area contributed by atoms with Crippen molar-refractivity contribution >= 4 is 40.4 Å². The van der Waals surface area contributed by atoms with Gasteiger partial charge in [-0.1, -0.05) is 37.7 Å². The van der Waals surface area contributed by atoms with Gasteiger partial charge in [-0.15, -0.1) is 10.2 Å². The van der Waals surface area contributed by atoms with Crippen LogP contribution in [0.4, 0.5) is 4.79 Å². The van der Waals surface area contributed by atoms with Crippen LogP contribution in [0.3, 0.4) is 0 Å². The number of hydrogen-bond acceptors (Lipinski definition) is 6. The number of hydrogen-bond donors (Lipinski definition) is 2. The van der Waals surface area contributed by atoms with E-state index in [0.717, 1.165) is 24.6 Å². The lowest BCUT2D eigenvalue weighted by molar-refractivity contribution is -0.117. The molecule has 0 aliphatic carbocycles. The van der Waals surface area contributed by atoms with Crippen molar-refractivity contribution in [3.63, 3.8) is 0 Å². The van der Waals surface area contributed by atoms with Gasteiger partial charge in [0, 0.05) is 13.1 Å². The Kier molecular flexibility index (Phi) is 6.30. The summed E-state index contributed by atoms with van der Waals surface area (Å²) in [6.07, 6.45) is 1.56. The van der Waals surface area contributed by atoms with E-state index in [1.807, 2.05) is 32.0 Å². The molecule has 0 atom stereocenters. The number of amides is 3. The lowest BCUT2D eigenvalue weighted by Crippen LogP contribution is -2.40. The third-order valence-electron chi connectivity index (χ3n) is 4.05. The van der Waals surface area contributed by atoms with Crippen molar-refractivity contribution in [2.45, 2.75) is 38.4 Å². The molecule has 2 heterocycles. The van der Waals surface area contributed by atoms with Gasteiger partial charge >= 0.3 is 6.03 Å². The zero-order chi connectivity index (χ0) is 20.1. The second kappa shape index (κ2) is 8.87. The number of nitrogens with zero attached hydrogens (tertiary/aromatic N) is 4. The molecular formula is C18H22N6O3S. The van der Waals surface area contributed by atoms with Gasteiger partial charge in [-0.25, -0.2) is 4.79 Å². The number of benzene rings is 1. The Balaban J connectivity index is 1.90. The maximum absolute atomic E-state index is 12.8. The first-order valence-corrected chi connectivity index (χ1v) is 10.1. The molecule has 148 valence electrons. The van der Waals surface area contributed by atoms with Gasteiger partial charge in [0.1, 0.15) is 0 Å². The van der Waals surface area contributed by atoms with Crippen LogP contribution in [-0.4, -0.2) is 43.4 Å². The summed E-state index contributed by atoms with van der Waals surface area (Å²) in [6.45, 7) is 4.94. The molecule has 3 aromatic rings. The average Bonchev–Trinajstić information content (AvgIpc) is 3.12. The number of rotatable bonds is 7. The fourth-order valence-electron chi connectivity index (χ4n) is 2.83. The van der Waals surface area contributed by atoms with E-state index in [4.69, 9.17) is 0 Å². The van der Waals surface area contributed by atoms with Crippen LogP contribution in [-0.2, 0) is 11.3 Å². The monoisotopic (exact) mass is 402 g/mol. The Morgan fingerprint density at radius 1 is 1.14 bits per heavy atom. The van der Waals surface area contributed by atoms with E-state index in [1.165, 1.54) is 0 Å². The van der Waals surface area contributed by atoms with Crippen molar-refractivity contribution in [2.24, 2.45) is 0 Å². The van der Waals surface area contributed by atoms with Gasteiger partial charge < -0.3 is 5.32 Å². The summed E-state index contributed by atoms with van der Waals surface area (Å²) in [5, 5.41) is 14.3. The second-order valence-electron chi connectivity index (χ2n) is 6.18. The van der Waals surface area contributed by atoms with Crippen molar-refractivity contribution in [3.8, 4) is 0 Å². The minimum atomic E-state index is -0.513. The minimum absolute atomic E-state index is 0.00156. The molecule has 1 aromatic carbocycles. The fraction of sp³-hybridized carbons (Fsp3) is 0.389. The first-order valence-electron chi connectivity index (χ1n) is 9.14. The molecule has 0 aliphatic rings. The topological polar surface area (TPSA) is 110 Å². The van der Waals surface area contributed by atoms with Gasteiger partial charge in [-0.3, -0.25) is 23.9 Å². The van der Waals surface area contributed by atoms with Crippen molar-refractivity contribution < 1.29 is 9.59 Å². The Labute approximate surface area is 165 Å². The van der Waals surface area contributed by atoms with E-state index in [2.05, 4.69) is 20.8 Å². The van der Waals surface area contributed by atoms with E-state index in [-0.39, 0.29) is 11.3 Å². The van der Waals surface area contributed by atoms with Crippen LogP contribution in [0.15, 0.2) is 34.2 Å². The number of thioether (sulfide) groups is 1. The number of imide groups is 1. The molecule has 28 heavy (non-hydrogen) atoms. The van der Waals surface area contributed by atoms with Crippen LogP contribution < -0.4 is 16.2 Å². The highest BCUT2D eigenvalue weighted by molar-refractivity contribution is 7.99. The van der Waals surface area contributed by atoms with Gasteiger partial charge in [0.05, 0.1) is 16.7 Å². The number of urea groups is 1. The second-order valence-corrected chi connectivity index (χ2v) is 7.13. The third-order valence-corrected chi connectivity index (χ3v) is 4.98. The molecule has 3 amide bonds. The number of para-hydroxylation sites is 1. The maximum Gasteiger partial charge on any atom is 0.321 e. The van der Waals surface area contributed by atoms with E-state index >= 15 is 0 Å². The zero-order valence-electron chi connectivity index (χ0n) is 15.8. The summed E-state index contributed by atoms with van der Waals surface area (Å²) >= 11 is 1.16. The van der Waals surface area contributed by atoms with Gasteiger partial charge in [-0.05, 0) is 25.0 Å². The van der Waals surface area contributed by atoms with Crippen LogP contribution in [0.1, 0.15) is 26.7 Å². The quantitative estimate of drug-likeness (QED) is 0.583. The Hall–Kier alpha value is -2.88. The Morgan fingerprint density at radius 3 is 2.68 bits per heavy atom. The molecule has 2 N–H and O–H groups in total. The van der Waals surface area contributed by atoms with Crippen LogP contribution in [0.25, 0.3) is 16.7 Å². The average molecular weight is 402 g/mol. The fourth-order valence-corrected chi connectivity index (χ4v) is 3.57. The highest BCUT2D eigenvalue weighted by atomic mass is 32.2. The van der Waals surface area contributed by atoms with Crippen LogP contribution in [0.5, 0.6) is 0 Å². The summed E-state index contributed by atoms with van der Waals surface area (Å²) < 4.78 is 3.37. The molecule has 2 aromatic heterocycles. The molecule has 3 rings (SSSR count). The van der Waals surface area contributed by atoms with Gasteiger partial charge in [0.15, 0.2) is 5.16 Å². The van der Waals surface area contributed by atoms with Gasteiger partial charge in [0.2, 0.25) is 11.7 Å². The molecule has 0 unspecified atom stereocenters. The molecule has 0 bridgehead atoms. The number of aromatic nitrogens is 4. The molecule has 0 aliphatic heterocycles. The van der Waals surface area contributed by atoms with Crippen molar-refractivity contribution in [2.75, 3.05) is 12.3 Å². The molecule has 9 nitrogen and oxygen atoms in total. The highest BCUT2D eigenvalue weighted by Crippen LogP contribution is 2.21. The SMILES string of the molecule is CCCNC(=O)NC(=O)CSc1nnc2n(CCC)c(=O)c3ccccc3n12. The molecule has 0 saturated heterocycles. The van der Waals surface area contributed by atoms with E-state index in [0.29, 0.717) is 34.9 Å². The number of carbonyl (C=O) groups excluding carboxylic acids is 2. The molecule has 0 fully saturated rings. The lowest BCUT2D eigenvalue weighted by atomic mass is 10.2. The van der Waals surface area contributed by atoms with Crippen molar-refractivity contribution in [1.82, 2.24) is 29.8 Å². The van der Waals surface area contributed by atoms with Crippen molar-refractivity contribution in [3.05, 3.63) is 34.6 Å². The third kappa shape index (κ3) is 4.01. The molecule has 0 spiro atoms. The van der Waals surface area contributed by atoms with Crippen molar-refractivity contribution in [1.29, 1.82) is 0 Å². The minimum Gasteiger partial charge on any atom is -0.338 e. The summed E-state index contributed by atoms with van der Waals surface area (Å²) in [5.74, 6) is 0.0115. The number of nitrogens with one attached hydrogen (secondary N) is 2. The Bertz CT molecular complexity index is 1070. The summed E-state index contributed by atoms with van der Waals surface area (Å²) in [5.41, 5.74) is 0.572. The number of carbonyl (C=O) groups is 2. The van der Waals surface area contributed by atoms with Crippen LogP contribution in [0, 0.1) is 0 Å². The molecule has 10 heteroatoms. The van der Waals surface area contributed by atoms with Crippen LogP contribution >= 0.6 is 11.8 Å². The molecule has 0 saturated carbocycles. The van der Waals surface area contributed by atoms with E-state index in [9.17, 15) is 14.4 Å². The lowest BCUT2D eigenvalue weighted by Gasteiger charge is -2.10. The standard InChI is InChI=1S/C18H22N6O3S/c1-3-9-19-16(27)20-14(25)11-28-18-22-21-17-23(10-4-2)15(26)12-7-5-6-8-13(12)24(17)18/h5-8H,3-4,9-11H2,1-2H3,(H2,19,20,25,27). The normalized spacial score (nSPS) is 11.1. The zero-order valence-corrected chi connectivity index (χ0v) is 16.6. The largest absolute Gasteiger partial charge is 0.338 e. The van der Waals surface area contributed by atoms with E-state index < -0.39 is 11.9 Å². The molecule has 0 radical (unpaired) electrons. The number of aryl methyl sites for hydroxylation is 1. The molecular weight excluding hydrogens is 380 g/mol. The summed E-state index contributed by atoms with van der Waals surface area (Å²) in [6, 6.07) is 6.73. The predicted molar refractivity (Wildman–Crippen MR) is 108 cm³/mol. The predicted octanol–water partition coefficient (Wildman–Crippen LogP) is 1.78. The summed E-state index contributed by atoms with van der Waals surface area (Å²) in [7, 11) is 0. The number of fused-ring (bicyclic) bond motifs is 3.